The van der Waals surface area contributed by atoms with E-state index in [0.29, 0.717) is 0 Å². The lowest BCUT2D eigenvalue weighted by atomic mass is 9.68. The fraction of sp³-hybridized carbons (Fsp3) is 0.545. The molecule has 0 bridgehead atoms. The first kappa shape index (κ1) is 18.6. The van der Waals surface area contributed by atoms with Gasteiger partial charge in [-0.2, -0.15) is 0 Å². The molecule has 0 aliphatic rings. The van der Waals surface area contributed by atoms with Gasteiger partial charge in [0.15, 0.2) is 0 Å². The summed E-state index contributed by atoms with van der Waals surface area (Å²) < 4.78 is 0. The van der Waals surface area contributed by atoms with Gasteiger partial charge in [0.25, 0.3) is 0 Å². The van der Waals surface area contributed by atoms with Crippen LogP contribution in [0.15, 0.2) is 30.6 Å². The van der Waals surface area contributed by atoms with Crippen molar-refractivity contribution in [2.24, 2.45) is 0 Å². The second-order valence-corrected chi connectivity index (χ2v) is 9.74. The van der Waals surface area contributed by atoms with Crippen molar-refractivity contribution < 1.29 is 0 Å². The molecule has 0 radical (unpaired) electrons. The van der Waals surface area contributed by atoms with E-state index in [2.05, 4.69) is 79.6 Å². The van der Waals surface area contributed by atoms with Gasteiger partial charge in [0.05, 0.1) is 11.4 Å². The highest BCUT2D eigenvalue weighted by molar-refractivity contribution is 5.65. The summed E-state index contributed by atoms with van der Waals surface area (Å²) >= 11 is 0. The van der Waals surface area contributed by atoms with E-state index >= 15 is 0 Å². The monoisotopic (exact) mass is 324 g/mol. The summed E-state index contributed by atoms with van der Waals surface area (Å²) in [5.41, 5.74) is 6.12. The summed E-state index contributed by atoms with van der Waals surface area (Å²) in [6.45, 7) is 20.5. The predicted octanol–water partition coefficient (Wildman–Crippen LogP) is 6.04. The van der Waals surface area contributed by atoms with E-state index in [-0.39, 0.29) is 16.2 Å². The fourth-order valence-electron chi connectivity index (χ4n) is 3.29. The van der Waals surface area contributed by atoms with Crippen LogP contribution in [0.3, 0.4) is 0 Å². The number of hydrogen-bond acceptors (Lipinski definition) is 2. The molecule has 0 atom stereocenters. The Bertz CT molecular complexity index is 709. The van der Waals surface area contributed by atoms with Crippen LogP contribution in [-0.4, -0.2) is 9.97 Å². The first-order valence-corrected chi connectivity index (χ1v) is 8.79. The Morgan fingerprint density at radius 1 is 0.667 bits per heavy atom. The molecule has 2 nitrogen and oxygen atoms in total. The molecule has 24 heavy (non-hydrogen) atoms. The number of aromatic nitrogens is 2. The van der Waals surface area contributed by atoms with Gasteiger partial charge in [0.1, 0.15) is 0 Å². The van der Waals surface area contributed by atoms with Crippen molar-refractivity contribution in [3.8, 4) is 11.4 Å². The molecule has 0 aliphatic carbocycles. The van der Waals surface area contributed by atoms with Crippen LogP contribution in [0.2, 0.25) is 0 Å². The molecule has 2 rings (SSSR count). The summed E-state index contributed by atoms with van der Waals surface area (Å²) in [6, 6.07) is 6.04. The van der Waals surface area contributed by atoms with Crippen molar-refractivity contribution in [1.82, 2.24) is 9.97 Å². The third-order valence-electron chi connectivity index (χ3n) is 4.29. The van der Waals surface area contributed by atoms with Gasteiger partial charge >= 0.3 is 0 Å². The van der Waals surface area contributed by atoms with Crippen LogP contribution >= 0.6 is 0 Å². The lowest BCUT2D eigenvalue weighted by molar-refractivity contribution is 0.495. The highest BCUT2D eigenvalue weighted by Gasteiger charge is 2.34. The lowest BCUT2D eigenvalue weighted by Crippen LogP contribution is -2.29. The minimum absolute atomic E-state index is 0.0102. The molecular formula is C22H32N2. The van der Waals surface area contributed by atoms with Crippen molar-refractivity contribution in [2.45, 2.75) is 78.6 Å². The molecule has 2 heterocycles. The van der Waals surface area contributed by atoms with Crippen molar-refractivity contribution >= 4 is 0 Å². The Hall–Kier alpha value is -1.70. The predicted molar refractivity (Wildman–Crippen MR) is 104 cm³/mol. The highest BCUT2D eigenvalue weighted by atomic mass is 14.8. The first-order chi connectivity index (χ1) is 10.8. The van der Waals surface area contributed by atoms with E-state index in [1.165, 1.54) is 16.7 Å². The topological polar surface area (TPSA) is 25.8 Å². The number of hydrogen-bond donors (Lipinski definition) is 0. The Labute approximate surface area is 147 Å². The second kappa shape index (κ2) is 5.98. The van der Waals surface area contributed by atoms with E-state index < -0.39 is 0 Å². The molecule has 0 spiro atoms. The van der Waals surface area contributed by atoms with Crippen LogP contribution in [0.4, 0.5) is 0 Å². The van der Waals surface area contributed by atoms with Crippen LogP contribution < -0.4 is 0 Å². The zero-order valence-electron chi connectivity index (χ0n) is 16.8. The van der Waals surface area contributed by atoms with Gasteiger partial charge < -0.3 is 0 Å². The molecule has 0 amide bonds. The molecule has 0 aromatic carbocycles. The maximum absolute atomic E-state index is 4.89. The SMILES string of the molecule is CC(C)(C)c1cnc(-c2ccccn2)c(C(C)(C)C)c1C(C)(C)C. The van der Waals surface area contributed by atoms with Crippen molar-refractivity contribution in [2.75, 3.05) is 0 Å². The standard InChI is InChI=1S/C22H32N2/c1-20(2,3)15-14-24-19(16-12-10-11-13-23-16)18(22(7,8)9)17(15)21(4,5)6/h10-14H,1-9H3. The quantitative estimate of drug-likeness (QED) is 0.639. The van der Waals surface area contributed by atoms with Gasteiger partial charge in [-0.3, -0.25) is 9.97 Å². The average molecular weight is 325 g/mol. The highest BCUT2D eigenvalue weighted by Crippen LogP contribution is 2.43. The van der Waals surface area contributed by atoms with Gasteiger partial charge in [0, 0.05) is 12.4 Å². The summed E-state index contributed by atoms with van der Waals surface area (Å²) in [6.07, 6.45) is 3.91. The van der Waals surface area contributed by atoms with Gasteiger partial charge in [-0.15, -0.1) is 0 Å². The van der Waals surface area contributed by atoms with Crippen LogP contribution in [0, 0.1) is 0 Å². The van der Waals surface area contributed by atoms with Gasteiger partial charge in [-0.25, -0.2) is 0 Å². The maximum atomic E-state index is 4.89. The Morgan fingerprint density at radius 2 is 1.25 bits per heavy atom. The van der Waals surface area contributed by atoms with Crippen molar-refractivity contribution in [3.63, 3.8) is 0 Å². The minimum atomic E-state index is -0.0102. The fourth-order valence-corrected chi connectivity index (χ4v) is 3.29. The summed E-state index contributed by atoms with van der Waals surface area (Å²) in [5, 5.41) is 0. The van der Waals surface area contributed by atoms with Crippen molar-refractivity contribution in [1.29, 1.82) is 0 Å². The van der Waals surface area contributed by atoms with E-state index in [0.717, 1.165) is 11.4 Å². The van der Waals surface area contributed by atoms with E-state index in [9.17, 15) is 0 Å². The third-order valence-corrected chi connectivity index (χ3v) is 4.29. The van der Waals surface area contributed by atoms with Gasteiger partial charge in [-0.05, 0) is 45.1 Å². The molecule has 0 saturated carbocycles. The first-order valence-electron chi connectivity index (χ1n) is 8.79. The maximum Gasteiger partial charge on any atom is 0.0926 e. The van der Waals surface area contributed by atoms with Crippen LogP contribution in [-0.2, 0) is 16.2 Å². The van der Waals surface area contributed by atoms with Crippen LogP contribution in [0.5, 0.6) is 0 Å². The van der Waals surface area contributed by atoms with E-state index in [1.807, 2.05) is 18.3 Å². The molecule has 2 aromatic heterocycles. The summed E-state index contributed by atoms with van der Waals surface area (Å²) in [5.74, 6) is 0. The molecular weight excluding hydrogens is 292 g/mol. The van der Waals surface area contributed by atoms with E-state index in [1.54, 1.807) is 0 Å². The molecule has 0 N–H and O–H groups in total. The minimum Gasteiger partial charge on any atom is -0.255 e. The third kappa shape index (κ3) is 3.68. The second-order valence-electron chi connectivity index (χ2n) is 9.74. The number of nitrogens with zero attached hydrogens (tertiary/aromatic N) is 2. The largest absolute Gasteiger partial charge is 0.255 e. The summed E-state index contributed by atoms with van der Waals surface area (Å²) in [4.78, 5) is 9.47. The zero-order chi connectivity index (χ0) is 18.3. The van der Waals surface area contributed by atoms with E-state index in [4.69, 9.17) is 4.98 Å². The van der Waals surface area contributed by atoms with Crippen LogP contribution in [0.1, 0.15) is 79.0 Å². The van der Waals surface area contributed by atoms with Gasteiger partial charge in [0.2, 0.25) is 0 Å². The lowest BCUT2D eigenvalue weighted by Gasteiger charge is -2.37. The van der Waals surface area contributed by atoms with Crippen LogP contribution in [0.25, 0.3) is 11.4 Å². The molecule has 2 aromatic rings. The Kier molecular flexibility index (Phi) is 4.65. The average Bonchev–Trinajstić information content (AvgIpc) is 2.44. The normalized spacial score (nSPS) is 13.2. The molecule has 130 valence electrons. The zero-order valence-corrected chi connectivity index (χ0v) is 16.8. The Morgan fingerprint density at radius 3 is 1.67 bits per heavy atom. The van der Waals surface area contributed by atoms with Gasteiger partial charge in [-0.1, -0.05) is 68.4 Å². The van der Waals surface area contributed by atoms with Crippen molar-refractivity contribution in [3.05, 3.63) is 47.3 Å². The summed E-state index contributed by atoms with van der Waals surface area (Å²) in [7, 11) is 0. The smallest absolute Gasteiger partial charge is 0.0926 e. The molecule has 0 unspecified atom stereocenters. The molecule has 0 fully saturated rings. The Balaban J connectivity index is 2.96. The molecule has 2 heteroatoms. The number of rotatable bonds is 1. The molecule has 0 saturated heterocycles. The number of pyridine rings is 2. The molecule has 0 aliphatic heterocycles.